The normalized spacial score (nSPS) is 14.8. The molecule has 0 saturated heterocycles. The number of nitro groups is 1. The largest absolute Gasteiger partial charge is 0.299 e. The van der Waals surface area contributed by atoms with E-state index < -0.39 is 0 Å². The third-order valence-electron chi connectivity index (χ3n) is 5.88. The van der Waals surface area contributed by atoms with E-state index in [-0.39, 0.29) is 16.0 Å². The second-order valence-electron chi connectivity index (χ2n) is 9.15. The van der Waals surface area contributed by atoms with Gasteiger partial charge in [-0.05, 0) is 29.4 Å². The van der Waals surface area contributed by atoms with Gasteiger partial charge >= 0.3 is 0 Å². The number of nitrogens with zero attached hydrogens (tertiary/aromatic N) is 4. The van der Waals surface area contributed by atoms with E-state index in [1.807, 2.05) is 12.1 Å². The molecule has 0 radical (unpaired) electrons. The van der Waals surface area contributed by atoms with E-state index in [1.54, 1.807) is 23.9 Å². The molecular formula is C24H28N4O2S. The van der Waals surface area contributed by atoms with Crippen LogP contribution in [0.3, 0.4) is 0 Å². The van der Waals surface area contributed by atoms with Gasteiger partial charge in [0, 0.05) is 29.5 Å². The minimum Gasteiger partial charge on any atom is -0.299 e. The SMILES string of the molecule is CC(C)(C)c1ccc(-c2nnc(SCc3ccc([N+](=O)[O-])cc3)n2C2CCCC2)cc1. The van der Waals surface area contributed by atoms with Crippen molar-refractivity contribution in [2.45, 2.75) is 68.8 Å². The van der Waals surface area contributed by atoms with Gasteiger partial charge in [0.1, 0.15) is 0 Å². The van der Waals surface area contributed by atoms with Gasteiger partial charge in [0.2, 0.25) is 0 Å². The van der Waals surface area contributed by atoms with Crippen LogP contribution < -0.4 is 0 Å². The predicted octanol–water partition coefficient (Wildman–Crippen LogP) is 6.56. The molecule has 4 rings (SSSR count). The Morgan fingerprint density at radius 2 is 1.68 bits per heavy atom. The van der Waals surface area contributed by atoms with E-state index in [0.29, 0.717) is 11.8 Å². The molecule has 7 heteroatoms. The summed E-state index contributed by atoms with van der Waals surface area (Å²) >= 11 is 1.64. The van der Waals surface area contributed by atoms with Crippen LogP contribution in [0.15, 0.2) is 53.7 Å². The number of non-ortho nitro benzene ring substituents is 1. The number of aromatic nitrogens is 3. The Morgan fingerprint density at radius 3 is 2.26 bits per heavy atom. The third-order valence-corrected chi connectivity index (χ3v) is 6.89. The first-order valence-corrected chi connectivity index (χ1v) is 11.7. The van der Waals surface area contributed by atoms with Gasteiger partial charge < -0.3 is 0 Å². The molecule has 0 bridgehead atoms. The van der Waals surface area contributed by atoms with E-state index in [9.17, 15) is 10.1 Å². The van der Waals surface area contributed by atoms with Crippen LogP contribution in [-0.2, 0) is 11.2 Å². The molecule has 1 aliphatic rings. The lowest BCUT2D eigenvalue weighted by Gasteiger charge is -2.20. The monoisotopic (exact) mass is 436 g/mol. The molecule has 0 unspecified atom stereocenters. The van der Waals surface area contributed by atoms with Crippen LogP contribution in [0.2, 0.25) is 0 Å². The highest BCUT2D eigenvalue weighted by atomic mass is 32.2. The highest BCUT2D eigenvalue weighted by molar-refractivity contribution is 7.98. The van der Waals surface area contributed by atoms with Crippen molar-refractivity contribution in [3.05, 3.63) is 69.8 Å². The Kier molecular flexibility index (Phi) is 6.14. The number of hydrogen-bond donors (Lipinski definition) is 0. The summed E-state index contributed by atoms with van der Waals surface area (Å²) in [5.41, 5.74) is 3.66. The third kappa shape index (κ3) is 4.82. The van der Waals surface area contributed by atoms with Gasteiger partial charge in [-0.2, -0.15) is 0 Å². The minimum absolute atomic E-state index is 0.115. The number of hydrogen-bond acceptors (Lipinski definition) is 5. The number of benzene rings is 2. The van der Waals surface area contributed by atoms with E-state index in [1.165, 1.54) is 18.4 Å². The maximum Gasteiger partial charge on any atom is 0.269 e. The van der Waals surface area contributed by atoms with Gasteiger partial charge in [-0.1, -0.05) is 81.8 Å². The van der Waals surface area contributed by atoms with E-state index in [2.05, 4.69) is 59.8 Å². The predicted molar refractivity (Wildman–Crippen MR) is 124 cm³/mol. The average molecular weight is 437 g/mol. The Bertz CT molecular complexity index is 1050. The summed E-state index contributed by atoms with van der Waals surface area (Å²) in [6, 6.07) is 15.8. The molecule has 0 N–H and O–H groups in total. The number of thioether (sulfide) groups is 1. The lowest BCUT2D eigenvalue weighted by atomic mass is 9.86. The summed E-state index contributed by atoms with van der Waals surface area (Å²) < 4.78 is 2.31. The Hall–Kier alpha value is -2.67. The first kappa shape index (κ1) is 21.6. The van der Waals surface area contributed by atoms with Gasteiger partial charge in [-0.25, -0.2) is 0 Å². The molecule has 2 aromatic carbocycles. The first-order chi connectivity index (χ1) is 14.8. The van der Waals surface area contributed by atoms with Crippen LogP contribution in [0.25, 0.3) is 11.4 Å². The average Bonchev–Trinajstić information content (AvgIpc) is 3.41. The fourth-order valence-electron chi connectivity index (χ4n) is 4.04. The summed E-state index contributed by atoms with van der Waals surface area (Å²) in [5, 5.41) is 20.9. The highest BCUT2D eigenvalue weighted by Crippen LogP contribution is 2.37. The molecule has 0 atom stereocenters. The standard InChI is InChI=1S/C24H28N4O2S/c1-24(2,3)19-12-10-18(11-13-19)22-25-26-23(27(22)20-6-4-5-7-20)31-16-17-8-14-21(15-9-17)28(29)30/h8-15,20H,4-7,16H2,1-3H3. The molecule has 31 heavy (non-hydrogen) atoms. The molecule has 0 aliphatic heterocycles. The smallest absolute Gasteiger partial charge is 0.269 e. The van der Waals surface area contributed by atoms with Gasteiger partial charge in [0.25, 0.3) is 5.69 Å². The van der Waals surface area contributed by atoms with Crippen molar-refractivity contribution in [2.75, 3.05) is 0 Å². The summed E-state index contributed by atoms with van der Waals surface area (Å²) in [6.45, 7) is 6.65. The topological polar surface area (TPSA) is 73.8 Å². The molecule has 1 aromatic heterocycles. The maximum atomic E-state index is 10.9. The van der Waals surface area contributed by atoms with Gasteiger partial charge in [-0.3, -0.25) is 14.7 Å². The Labute approximate surface area is 187 Å². The van der Waals surface area contributed by atoms with Crippen molar-refractivity contribution in [1.82, 2.24) is 14.8 Å². The molecule has 1 heterocycles. The van der Waals surface area contributed by atoms with Crippen molar-refractivity contribution in [1.29, 1.82) is 0 Å². The molecule has 1 fully saturated rings. The molecule has 162 valence electrons. The summed E-state index contributed by atoms with van der Waals surface area (Å²) in [7, 11) is 0. The maximum absolute atomic E-state index is 10.9. The van der Waals surface area contributed by atoms with E-state index >= 15 is 0 Å². The Balaban J connectivity index is 1.60. The quantitative estimate of drug-likeness (QED) is 0.248. The molecule has 3 aromatic rings. The lowest BCUT2D eigenvalue weighted by Crippen LogP contribution is -2.11. The Morgan fingerprint density at radius 1 is 1.03 bits per heavy atom. The molecule has 0 spiro atoms. The van der Waals surface area contributed by atoms with Crippen LogP contribution in [0, 0.1) is 10.1 Å². The van der Waals surface area contributed by atoms with Gasteiger partial charge in [0.05, 0.1) is 4.92 Å². The van der Waals surface area contributed by atoms with Gasteiger partial charge in [0.15, 0.2) is 11.0 Å². The molecule has 0 amide bonds. The van der Waals surface area contributed by atoms with Crippen molar-refractivity contribution in [3.63, 3.8) is 0 Å². The second kappa shape index (κ2) is 8.83. The van der Waals surface area contributed by atoms with E-state index in [4.69, 9.17) is 0 Å². The fraction of sp³-hybridized carbons (Fsp3) is 0.417. The highest BCUT2D eigenvalue weighted by Gasteiger charge is 2.25. The fourth-order valence-corrected chi connectivity index (χ4v) is 5.01. The zero-order chi connectivity index (χ0) is 22.0. The van der Waals surface area contributed by atoms with Gasteiger partial charge in [-0.15, -0.1) is 10.2 Å². The zero-order valence-electron chi connectivity index (χ0n) is 18.2. The zero-order valence-corrected chi connectivity index (χ0v) is 19.1. The van der Waals surface area contributed by atoms with E-state index in [0.717, 1.165) is 34.9 Å². The molecule has 6 nitrogen and oxygen atoms in total. The van der Waals surface area contributed by atoms with Crippen molar-refractivity contribution in [2.24, 2.45) is 0 Å². The molecule has 1 saturated carbocycles. The first-order valence-electron chi connectivity index (χ1n) is 10.7. The number of rotatable bonds is 6. The minimum atomic E-state index is -0.370. The van der Waals surface area contributed by atoms with Crippen LogP contribution in [0.1, 0.15) is 63.6 Å². The summed E-state index contributed by atoms with van der Waals surface area (Å²) in [4.78, 5) is 10.5. The summed E-state index contributed by atoms with van der Waals surface area (Å²) in [6.07, 6.45) is 4.77. The van der Waals surface area contributed by atoms with Crippen LogP contribution in [0.5, 0.6) is 0 Å². The second-order valence-corrected chi connectivity index (χ2v) is 10.1. The molecular weight excluding hydrogens is 408 g/mol. The van der Waals surface area contributed by atoms with Crippen molar-refractivity contribution < 1.29 is 4.92 Å². The van der Waals surface area contributed by atoms with Crippen molar-refractivity contribution in [3.8, 4) is 11.4 Å². The summed E-state index contributed by atoms with van der Waals surface area (Å²) in [5.74, 6) is 1.63. The molecule has 1 aliphatic carbocycles. The van der Waals surface area contributed by atoms with Crippen LogP contribution >= 0.6 is 11.8 Å². The van der Waals surface area contributed by atoms with Crippen LogP contribution in [-0.4, -0.2) is 19.7 Å². The number of nitro benzene ring substituents is 1. The van der Waals surface area contributed by atoms with Crippen molar-refractivity contribution >= 4 is 17.4 Å². The lowest BCUT2D eigenvalue weighted by molar-refractivity contribution is -0.384. The van der Waals surface area contributed by atoms with Crippen LogP contribution in [0.4, 0.5) is 5.69 Å².